The quantitative estimate of drug-likeness (QED) is 0.867. The smallest absolute Gasteiger partial charge is 0.300 e. The van der Waals surface area contributed by atoms with Crippen LogP contribution in [0.4, 0.5) is 0 Å². The van der Waals surface area contributed by atoms with Gasteiger partial charge >= 0.3 is 0 Å². The fraction of sp³-hybridized carbons (Fsp3) is 0.200. The first kappa shape index (κ1) is 11.3. The van der Waals surface area contributed by atoms with E-state index in [4.69, 9.17) is 9.47 Å². The Hall–Kier alpha value is -1.14. The van der Waals surface area contributed by atoms with Gasteiger partial charge in [-0.15, -0.1) is 5.10 Å². The molecule has 0 bridgehead atoms. The summed E-state index contributed by atoms with van der Waals surface area (Å²) < 4.78 is 11.5. The van der Waals surface area contributed by atoms with E-state index in [1.165, 1.54) is 11.3 Å². The van der Waals surface area contributed by atoms with E-state index >= 15 is 0 Å². The molecule has 0 radical (unpaired) electrons. The normalized spacial score (nSPS) is 10.1. The summed E-state index contributed by atoms with van der Waals surface area (Å²) in [4.78, 5) is 0. The van der Waals surface area contributed by atoms with Crippen LogP contribution in [0.2, 0.25) is 0 Å². The second kappa shape index (κ2) is 5.27. The molecule has 0 amide bonds. The number of nitrogens with zero attached hydrogens (tertiary/aromatic N) is 2. The van der Waals surface area contributed by atoms with Crippen LogP contribution < -0.4 is 9.47 Å². The van der Waals surface area contributed by atoms with E-state index in [9.17, 15) is 0 Å². The number of halogens is 1. The topological polar surface area (TPSA) is 44.2 Å². The molecule has 1 heterocycles. The minimum atomic E-state index is 0.510. The van der Waals surface area contributed by atoms with Crippen molar-refractivity contribution in [3.8, 4) is 16.7 Å². The maximum absolute atomic E-state index is 5.49. The zero-order chi connectivity index (χ0) is 11.4. The van der Waals surface area contributed by atoms with Crippen LogP contribution in [0, 0.1) is 0 Å². The Bertz CT molecular complexity index is 458. The standard InChI is InChI=1S/C10H9BrN2O2S/c1-2-14-7-3-5-8(6-4-7)15-10-13-12-9(11)16-10/h3-6H,2H2,1H3. The van der Waals surface area contributed by atoms with E-state index < -0.39 is 0 Å². The Morgan fingerprint density at radius 2 is 1.88 bits per heavy atom. The molecule has 0 saturated heterocycles. The molecule has 0 fully saturated rings. The Labute approximate surface area is 105 Å². The van der Waals surface area contributed by atoms with Gasteiger partial charge in [0, 0.05) is 0 Å². The lowest BCUT2D eigenvalue weighted by Crippen LogP contribution is -1.90. The summed E-state index contributed by atoms with van der Waals surface area (Å²) in [7, 11) is 0. The lowest BCUT2D eigenvalue weighted by Gasteiger charge is -2.04. The van der Waals surface area contributed by atoms with E-state index in [2.05, 4.69) is 26.1 Å². The van der Waals surface area contributed by atoms with Crippen molar-refractivity contribution in [1.29, 1.82) is 0 Å². The molecular formula is C10H9BrN2O2S. The summed E-state index contributed by atoms with van der Waals surface area (Å²) in [6, 6.07) is 7.38. The second-order valence-electron chi connectivity index (χ2n) is 2.83. The summed E-state index contributed by atoms with van der Waals surface area (Å²) in [6.45, 7) is 2.60. The Balaban J connectivity index is 2.05. The number of aromatic nitrogens is 2. The van der Waals surface area contributed by atoms with Crippen molar-refractivity contribution in [2.45, 2.75) is 6.92 Å². The summed E-state index contributed by atoms with van der Waals surface area (Å²) in [5.74, 6) is 1.54. The molecule has 16 heavy (non-hydrogen) atoms. The largest absolute Gasteiger partial charge is 0.494 e. The van der Waals surface area contributed by atoms with Crippen LogP contribution in [0.1, 0.15) is 6.92 Å². The van der Waals surface area contributed by atoms with Gasteiger partial charge in [-0.05, 0) is 58.5 Å². The summed E-state index contributed by atoms with van der Waals surface area (Å²) in [6.07, 6.45) is 0. The highest BCUT2D eigenvalue weighted by Gasteiger charge is 2.03. The monoisotopic (exact) mass is 300 g/mol. The SMILES string of the molecule is CCOc1ccc(Oc2nnc(Br)s2)cc1. The molecule has 84 valence electrons. The highest BCUT2D eigenvalue weighted by molar-refractivity contribution is 9.11. The third kappa shape index (κ3) is 2.93. The van der Waals surface area contributed by atoms with Crippen molar-refractivity contribution in [1.82, 2.24) is 10.2 Å². The molecular weight excluding hydrogens is 292 g/mol. The molecule has 0 N–H and O–H groups in total. The van der Waals surface area contributed by atoms with Crippen LogP contribution in [0.3, 0.4) is 0 Å². The van der Waals surface area contributed by atoms with E-state index in [0.29, 0.717) is 21.5 Å². The van der Waals surface area contributed by atoms with Crippen LogP contribution in [0.25, 0.3) is 0 Å². The number of hydrogen-bond acceptors (Lipinski definition) is 5. The Morgan fingerprint density at radius 1 is 1.19 bits per heavy atom. The van der Waals surface area contributed by atoms with Crippen molar-refractivity contribution < 1.29 is 9.47 Å². The first-order valence-corrected chi connectivity index (χ1v) is 6.28. The minimum Gasteiger partial charge on any atom is -0.494 e. The Kier molecular flexibility index (Phi) is 3.74. The van der Waals surface area contributed by atoms with Crippen LogP contribution >= 0.6 is 27.3 Å². The molecule has 0 saturated carbocycles. The van der Waals surface area contributed by atoms with Crippen molar-refractivity contribution in [2.75, 3.05) is 6.61 Å². The fourth-order valence-corrected chi connectivity index (χ4v) is 2.05. The third-order valence-corrected chi connectivity index (χ3v) is 2.96. The van der Waals surface area contributed by atoms with Gasteiger partial charge in [-0.2, -0.15) is 0 Å². The lowest BCUT2D eigenvalue weighted by atomic mass is 10.3. The highest BCUT2D eigenvalue weighted by atomic mass is 79.9. The molecule has 0 atom stereocenters. The maximum atomic E-state index is 5.49. The molecule has 0 aliphatic rings. The fourth-order valence-electron chi connectivity index (χ4n) is 1.11. The van der Waals surface area contributed by atoms with E-state index in [0.717, 1.165) is 5.75 Å². The number of ether oxygens (including phenoxy) is 2. The van der Waals surface area contributed by atoms with Gasteiger partial charge in [0.15, 0.2) is 3.92 Å². The predicted molar refractivity (Wildman–Crippen MR) is 65.3 cm³/mol. The van der Waals surface area contributed by atoms with Crippen molar-refractivity contribution >= 4 is 27.3 Å². The van der Waals surface area contributed by atoms with E-state index in [1.807, 2.05) is 31.2 Å². The van der Waals surface area contributed by atoms with Crippen LogP contribution in [0.15, 0.2) is 28.2 Å². The van der Waals surface area contributed by atoms with Gasteiger partial charge in [0.2, 0.25) is 0 Å². The van der Waals surface area contributed by atoms with Gasteiger partial charge in [-0.1, -0.05) is 5.10 Å². The average Bonchev–Trinajstić information content (AvgIpc) is 2.67. The number of benzene rings is 1. The minimum absolute atomic E-state index is 0.510. The average molecular weight is 301 g/mol. The van der Waals surface area contributed by atoms with Gasteiger partial charge in [-0.25, -0.2) is 0 Å². The van der Waals surface area contributed by atoms with E-state index in [1.54, 1.807) is 0 Å². The molecule has 0 aliphatic carbocycles. The van der Waals surface area contributed by atoms with Gasteiger partial charge < -0.3 is 9.47 Å². The van der Waals surface area contributed by atoms with Gasteiger partial charge in [0.1, 0.15) is 11.5 Å². The first-order chi connectivity index (χ1) is 7.78. The molecule has 1 aromatic heterocycles. The maximum Gasteiger partial charge on any atom is 0.300 e. The van der Waals surface area contributed by atoms with Gasteiger partial charge in [-0.3, -0.25) is 0 Å². The van der Waals surface area contributed by atoms with Crippen molar-refractivity contribution in [3.63, 3.8) is 0 Å². The lowest BCUT2D eigenvalue weighted by molar-refractivity contribution is 0.339. The van der Waals surface area contributed by atoms with Gasteiger partial charge in [0.05, 0.1) is 6.61 Å². The van der Waals surface area contributed by atoms with Gasteiger partial charge in [0.25, 0.3) is 5.19 Å². The predicted octanol–water partition coefficient (Wildman–Crippen LogP) is 3.49. The van der Waals surface area contributed by atoms with Crippen LogP contribution in [0.5, 0.6) is 16.7 Å². The molecule has 6 heteroatoms. The van der Waals surface area contributed by atoms with Crippen LogP contribution in [-0.4, -0.2) is 16.8 Å². The number of rotatable bonds is 4. The molecule has 2 aromatic rings. The zero-order valence-corrected chi connectivity index (χ0v) is 10.9. The molecule has 0 unspecified atom stereocenters. The number of hydrogen-bond donors (Lipinski definition) is 0. The highest BCUT2D eigenvalue weighted by Crippen LogP contribution is 2.28. The third-order valence-electron chi connectivity index (χ3n) is 1.72. The summed E-state index contributed by atoms with van der Waals surface area (Å²) >= 11 is 4.56. The van der Waals surface area contributed by atoms with E-state index in [-0.39, 0.29) is 0 Å². The molecule has 2 rings (SSSR count). The first-order valence-electron chi connectivity index (χ1n) is 4.67. The summed E-state index contributed by atoms with van der Waals surface area (Å²) in [5.41, 5.74) is 0. The van der Waals surface area contributed by atoms with Crippen molar-refractivity contribution in [2.24, 2.45) is 0 Å². The summed E-state index contributed by atoms with van der Waals surface area (Å²) in [5, 5.41) is 8.14. The second-order valence-corrected chi connectivity index (χ2v) is 5.04. The molecule has 0 aliphatic heterocycles. The molecule has 1 aromatic carbocycles. The molecule has 0 spiro atoms. The Morgan fingerprint density at radius 3 is 2.44 bits per heavy atom. The molecule has 4 nitrogen and oxygen atoms in total. The zero-order valence-electron chi connectivity index (χ0n) is 8.51. The van der Waals surface area contributed by atoms with Crippen molar-refractivity contribution in [3.05, 3.63) is 28.2 Å². The van der Waals surface area contributed by atoms with Crippen LogP contribution in [-0.2, 0) is 0 Å².